The summed E-state index contributed by atoms with van der Waals surface area (Å²) < 4.78 is 43.5. The third-order valence-corrected chi connectivity index (χ3v) is 0.463. The number of halogens is 4. The van der Waals surface area contributed by atoms with Crippen molar-refractivity contribution in [3.63, 3.8) is 0 Å². The van der Waals surface area contributed by atoms with Gasteiger partial charge in [-0.3, -0.25) is 0 Å². The monoisotopic (exact) mass is 132 g/mol. The topological polar surface area (TPSA) is 9.23 Å². The third kappa shape index (κ3) is 5.68. The van der Waals surface area contributed by atoms with E-state index < -0.39 is 19.2 Å². The van der Waals surface area contributed by atoms with Crippen molar-refractivity contribution in [2.45, 2.75) is 12.6 Å². The minimum absolute atomic E-state index is 0.913. The summed E-state index contributed by atoms with van der Waals surface area (Å²) in [5.74, 6) is 0. The highest BCUT2D eigenvalue weighted by Crippen LogP contribution is 2.18. The van der Waals surface area contributed by atoms with Crippen LogP contribution in [0.4, 0.5) is 17.7 Å². The molecule has 1 nitrogen and oxygen atoms in total. The standard InChI is InChI=1S/C3H4F4O/c4-3(5,6)1-2-8-7/h1-2H2. The van der Waals surface area contributed by atoms with Gasteiger partial charge in [0.05, 0.1) is 13.0 Å². The molecule has 0 unspecified atom stereocenters. The Hall–Kier alpha value is -0.320. The van der Waals surface area contributed by atoms with Crippen LogP contribution >= 0.6 is 0 Å². The fraction of sp³-hybridized carbons (Fsp3) is 1.00. The molecular weight excluding hydrogens is 128 g/mol. The summed E-state index contributed by atoms with van der Waals surface area (Å²) in [5.41, 5.74) is 0. The summed E-state index contributed by atoms with van der Waals surface area (Å²) in [6.45, 7) is -0.913. The average Bonchev–Trinajstić information content (AvgIpc) is 1.59. The summed E-state index contributed by atoms with van der Waals surface area (Å²) in [6.07, 6.45) is -5.55. The third-order valence-electron chi connectivity index (χ3n) is 0.463. The summed E-state index contributed by atoms with van der Waals surface area (Å²) >= 11 is 0. The molecule has 0 aromatic heterocycles. The van der Waals surface area contributed by atoms with Gasteiger partial charge in [0.1, 0.15) is 0 Å². The molecule has 0 N–H and O–H groups in total. The van der Waals surface area contributed by atoms with E-state index in [-0.39, 0.29) is 0 Å². The first kappa shape index (κ1) is 7.68. The van der Waals surface area contributed by atoms with E-state index in [1.807, 2.05) is 0 Å². The van der Waals surface area contributed by atoms with Gasteiger partial charge in [0.25, 0.3) is 0 Å². The van der Waals surface area contributed by atoms with E-state index in [2.05, 4.69) is 4.94 Å². The van der Waals surface area contributed by atoms with Crippen LogP contribution in [0.3, 0.4) is 0 Å². The van der Waals surface area contributed by atoms with E-state index in [0.29, 0.717) is 0 Å². The van der Waals surface area contributed by atoms with Crippen LogP contribution in [0.2, 0.25) is 0 Å². The molecule has 0 fully saturated rings. The Morgan fingerprint density at radius 1 is 1.25 bits per heavy atom. The molecule has 5 heteroatoms. The van der Waals surface area contributed by atoms with Crippen LogP contribution in [-0.2, 0) is 4.94 Å². The highest BCUT2D eigenvalue weighted by Gasteiger charge is 2.26. The van der Waals surface area contributed by atoms with Gasteiger partial charge >= 0.3 is 6.18 Å². The molecule has 50 valence electrons. The van der Waals surface area contributed by atoms with E-state index in [4.69, 9.17) is 0 Å². The molecule has 0 aromatic rings. The van der Waals surface area contributed by atoms with Crippen LogP contribution in [0.5, 0.6) is 0 Å². The highest BCUT2D eigenvalue weighted by molar-refractivity contribution is 4.45. The van der Waals surface area contributed by atoms with Gasteiger partial charge in [-0.15, -0.1) is 0 Å². The van der Waals surface area contributed by atoms with E-state index >= 15 is 0 Å². The zero-order valence-corrected chi connectivity index (χ0v) is 3.83. The normalized spacial score (nSPS) is 12.0. The molecular formula is C3H4F4O. The minimum Gasteiger partial charge on any atom is -0.194 e. The number of hydrogen-bond donors (Lipinski definition) is 0. The number of alkyl halides is 3. The smallest absolute Gasteiger partial charge is 0.194 e. The van der Waals surface area contributed by atoms with Gasteiger partial charge in [-0.25, -0.2) is 0 Å². The Morgan fingerprint density at radius 2 is 1.75 bits per heavy atom. The van der Waals surface area contributed by atoms with Crippen molar-refractivity contribution in [3.8, 4) is 0 Å². The molecule has 0 aromatic carbocycles. The summed E-state index contributed by atoms with van der Waals surface area (Å²) in [4.78, 5) is 2.70. The van der Waals surface area contributed by atoms with E-state index in [0.717, 1.165) is 0 Å². The van der Waals surface area contributed by atoms with Gasteiger partial charge in [-0.1, -0.05) is 0 Å². The number of rotatable bonds is 2. The second-order valence-electron chi connectivity index (χ2n) is 1.18. The van der Waals surface area contributed by atoms with E-state index in [1.165, 1.54) is 0 Å². The molecule has 0 atom stereocenters. The van der Waals surface area contributed by atoms with Crippen LogP contribution in [-0.4, -0.2) is 12.8 Å². The zero-order valence-electron chi connectivity index (χ0n) is 3.83. The lowest BCUT2D eigenvalue weighted by atomic mass is 10.5. The molecule has 0 heterocycles. The van der Waals surface area contributed by atoms with Crippen molar-refractivity contribution in [1.82, 2.24) is 0 Å². The molecule has 0 saturated heterocycles. The van der Waals surface area contributed by atoms with Gasteiger partial charge in [0.2, 0.25) is 0 Å². The maximum Gasteiger partial charge on any atom is 0.391 e. The molecule has 0 radical (unpaired) electrons. The van der Waals surface area contributed by atoms with E-state index in [9.17, 15) is 17.7 Å². The summed E-state index contributed by atoms with van der Waals surface area (Å²) in [7, 11) is 0. The number of hydrogen-bond acceptors (Lipinski definition) is 1. The predicted molar refractivity (Wildman–Crippen MR) is 17.7 cm³/mol. The summed E-state index contributed by atoms with van der Waals surface area (Å²) in [6, 6.07) is 0. The van der Waals surface area contributed by atoms with Gasteiger partial charge in [-0.05, 0) is 4.53 Å². The van der Waals surface area contributed by atoms with Crippen LogP contribution in [0, 0.1) is 0 Å². The molecule has 0 saturated carbocycles. The molecule has 0 amide bonds. The van der Waals surface area contributed by atoms with Gasteiger partial charge in [0.15, 0.2) is 0 Å². The van der Waals surface area contributed by atoms with Crippen molar-refractivity contribution < 1.29 is 22.6 Å². The molecule has 0 bridgehead atoms. The SMILES string of the molecule is FOCCC(F)(F)F. The van der Waals surface area contributed by atoms with Gasteiger partial charge in [-0.2, -0.15) is 18.1 Å². The first-order valence-electron chi connectivity index (χ1n) is 1.86. The van der Waals surface area contributed by atoms with Crippen molar-refractivity contribution in [2.24, 2.45) is 0 Å². The lowest BCUT2D eigenvalue weighted by molar-refractivity contribution is -0.188. The summed E-state index contributed by atoms with van der Waals surface area (Å²) in [5, 5.41) is 0. The van der Waals surface area contributed by atoms with Crippen molar-refractivity contribution in [2.75, 3.05) is 6.61 Å². The highest BCUT2D eigenvalue weighted by atomic mass is 19.4. The van der Waals surface area contributed by atoms with E-state index in [1.54, 1.807) is 0 Å². The maximum atomic E-state index is 11.0. The second kappa shape index (κ2) is 2.86. The Bertz CT molecular complexity index is 58.8. The molecule has 0 aliphatic heterocycles. The Labute approximate surface area is 43.1 Å². The molecule has 0 rings (SSSR count). The zero-order chi connectivity index (χ0) is 6.62. The van der Waals surface area contributed by atoms with Crippen LogP contribution in [0.1, 0.15) is 6.42 Å². The Morgan fingerprint density at radius 3 is 1.88 bits per heavy atom. The largest absolute Gasteiger partial charge is 0.391 e. The van der Waals surface area contributed by atoms with Gasteiger partial charge < -0.3 is 0 Å². The lowest BCUT2D eigenvalue weighted by Gasteiger charge is -2.00. The fourth-order valence-corrected chi connectivity index (χ4v) is 0.154. The first-order valence-corrected chi connectivity index (χ1v) is 1.86. The molecule has 0 aliphatic carbocycles. The van der Waals surface area contributed by atoms with Crippen molar-refractivity contribution in [1.29, 1.82) is 0 Å². The predicted octanol–water partition coefficient (Wildman–Crippen LogP) is 1.84. The second-order valence-corrected chi connectivity index (χ2v) is 1.18. The van der Waals surface area contributed by atoms with Crippen molar-refractivity contribution in [3.05, 3.63) is 0 Å². The maximum absolute atomic E-state index is 11.0. The quantitative estimate of drug-likeness (QED) is 0.521. The van der Waals surface area contributed by atoms with Crippen molar-refractivity contribution >= 4 is 0 Å². The van der Waals surface area contributed by atoms with Crippen LogP contribution < -0.4 is 0 Å². The van der Waals surface area contributed by atoms with Crippen LogP contribution in [0.15, 0.2) is 0 Å². The first-order chi connectivity index (χ1) is 3.56. The van der Waals surface area contributed by atoms with Gasteiger partial charge in [0, 0.05) is 0 Å². The Balaban J connectivity index is 3.11. The average molecular weight is 132 g/mol. The fourth-order valence-electron chi connectivity index (χ4n) is 0.154. The van der Waals surface area contributed by atoms with Crippen LogP contribution in [0.25, 0.3) is 0 Å². The molecule has 8 heavy (non-hydrogen) atoms. The Kier molecular flexibility index (Phi) is 2.75. The molecule has 0 spiro atoms. The lowest BCUT2D eigenvalue weighted by Crippen LogP contribution is -2.09. The molecule has 0 aliphatic rings. The minimum atomic E-state index is -4.31.